The molecule has 1 saturated heterocycles. The van der Waals surface area contributed by atoms with Gasteiger partial charge in [0.15, 0.2) is 11.0 Å². The molecule has 2 heterocycles. The first-order valence-corrected chi connectivity index (χ1v) is 11.7. The van der Waals surface area contributed by atoms with Gasteiger partial charge in [-0.25, -0.2) is 15.0 Å². The van der Waals surface area contributed by atoms with E-state index in [-0.39, 0.29) is 5.91 Å². The Morgan fingerprint density at radius 3 is 2.64 bits per heavy atom. The van der Waals surface area contributed by atoms with Crippen molar-refractivity contribution in [2.75, 3.05) is 37.4 Å². The molecule has 5 N–H and O–H groups in total. The number of nitrogens with two attached hydrogens (primary N) is 2. The Hall–Kier alpha value is -3.11. The molecule has 176 valence electrons. The first-order valence-electron chi connectivity index (χ1n) is 10.9. The number of nitrogens with zero attached hydrogens (tertiary/aromatic N) is 5. The number of rotatable bonds is 8. The molecule has 1 aromatic heterocycles. The van der Waals surface area contributed by atoms with Crippen LogP contribution in [0.5, 0.6) is 0 Å². The van der Waals surface area contributed by atoms with E-state index in [1.807, 2.05) is 37.3 Å². The van der Waals surface area contributed by atoms with E-state index >= 15 is 0 Å². The van der Waals surface area contributed by atoms with E-state index in [1.54, 1.807) is 13.0 Å². The largest absolute Gasteiger partial charge is 0.402 e. The van der Waals surface area contributed by atoms with Crippen LogP contribution < -0.4 is 21.7 Å². The summed E-state index contributed by atoms with van der Waals surface area (Å²) in [5.74, 6) is 1.58. The Labute approximate surface area is 199 Å². The van der Waals surface area contributed by atoms with Crippen molar-refractivity contribution in [3.05, 3.63) is 42.1 Å². The number of amides is 1. The van der Waals surface area contributed by atoms with E-state index in [4.69, 9.17) is 16.5 Å². The molecule has 1 aromatic carbocycles. The zero-order valence-corrected chi connectivity index (χ0v) is 20.4. The van der Waals surface area contributed by atoms with Crippen molar-refractivity contribution in [1.29, 1.82) is 0 Å². The van der Waals surface area contributed by atoms with E-state index in [2.05, 4.69) is 39.2 Å². The minimum Gasteiger partial charge on any atom is -0.402 e. The molecule has 3 rings (SSSR count). The maximum absolute atomic E-state index is 11.6. The zero-order valence-electron chi connectivity index (χ0n) is 19.6. The second-order valence-corrected chi connectivity index (χ2v) is 9.21. The van der Waals surface area contributed by atoms with Gasteiger partial charge in [0.1, 0.15) is 11.7 Å². The normalized spacial score (nSPS) is 17.0. The fourth-order valence-electron chi connectivity index (χ4n) is 3.40. The number of aliphatic imine (C=N–C) groups is 1. The third-order valence-corrected chi connectivity index (χ3v) is 6.06. The van der Waals surface area contributed by atoms with Crippen molar-refractivity contribution in [2.45, 2.75) is 42.8 Å². The summed E-state index contributed by atoms with van der Waals surface area (Å²) in [7, 11) is 4.19. The fourth-order valence-corrected chi connectivity index (χ4v) is 4.16. The molecule has 0 saturated carbocycles. The molecule has 0 radical (unpaired) electrons. The van der Waals surface area contributed by atoms with Crippen molar-refractivity contribution in [1.82, 2.24) is 14.9 Å². The van der Waals surface area contributed by atoms with Gasteiger partial charge in [0.25, 0.3) is 0 Å². The molecular formula is C23H32N8OS. The molecule has 0 aliphatic carbocycles. The Morgan fingerprint density at radius 1 is 1.30 bits per heavy atom. The van der Waals surface area contributed by atoms with Crippen LogP contribution in [0.4, 0.5) is 17.3 Å². The summed E-state index contributed by atoms with van der Waals surface area (Å²) in [4.78, 5) is 30.9. The second kappa shape index (κ2) is 11.2. The van der Waals surface area contributed by atoms with Gasteiger partial charge in [0.05, 0.1) is 0 Å². The molecule has 1 amide bonds. The monoisotopic (exact) mass is 468 g/mol. The predicted octanol–water partition coefficient (Wildman–Crippen LogP) is 2.97. The number of nitrogens with one attached hydrogen (secondary N) is 1. The smallest absolute Gasteiger partial charge is 0.224 e. The summed E-state index contributed by atoms with van der Waals surface area (Å²) in [6, 6.07) is 9.94. The Balaban J connectivity index is 1.87. The first-order chi connectivity index (χ1) is 15.7. The lowest BCUT2D eigenvalue weighted by atomic mass is 10.2. The lowest BCUT2D eigenvalue weighted by molar-refractivity contribution is -0.115. The summed E-state index contributed by atoms with van der Waals surface area (Å²) >= 11 is 1.43. The molecule has 33 heavy (non-hydrogen) atoms. The first kappa shape index (κ1) is 24.5. The quantitative estimate of drug-likeness (QED) is 0.307. The van der Waals surface area contributed by atoms with E-state index in [9.17, 15) is 4.79 Å². The van der Waals surface area contributed by atoms with Crippen molar-refractivity contribution >= 4 is 40.8 Å². The third kappa shape index (κ3) is 7.19. The number of carbonyl (C=O) groups is 1. The highest BCUT2D eigenvalue weighted by Gasteiger charge is 2.25. The second-order valence-electron chi connectivity index (χ2n) is 8.17. The van der Waals surface area contributed by atoms with Crippen LogP contribution in [-0.2, 0) is 4.79 Å². The number of allylic oxidation sites excluding steroid dienone is 1. The van der Waals surface area contributed by atoms with Crippen LogP contribution in [0, 0.1) is 0 Å². The molecular weight excluding hydrogens is 436 g/mol. The number of benzene rings is 1. The minimum absolute atomic E-state index is 0.0186. The molecule has 0 spiro atoms. The highest BCUT2D eigenvalue weighted by molar-refractivity contribution is 7.99. The number of anilines is 2. The molecule has 1 atom stereocenters. The van der Waals surface area contributed by atoms with Crippen LogP contribution >= 0.6 is 11.8 Å². The minimum atomic E-state index is -0.0186. The SMILES string of the molecule is CCC(=O)Nc1ccc(Sc2nc(N=C(N)C=C(C)N)cc(N3CC[C@H](N(C)C)C3)n2)cc1. The summed E-state index contributed by atoms with van der Waals surface area (Å²) in [6.07, 6.45) is 3.11. The highest BCUT2D eigenvalue weighted by atomic mass is 32.2. The summed E-state index contributed by atoms with van der Waals surface area (Å²) < 4.78 is 0. The van der Waals surface area contributed by atoms with Gasteiger partial charge in [-0.2, -0.15) is 0 Å². The van der Waals surface area contributed by atoms with Crippen LogP contribution in [0.1, 0.15) is 26.7 Å². The molecule has 1 aliphatic heterocycles. The van der Waals surface area contributed by atoms with Crippen molar-refractivity contribution < 1.29 is 4.79 Å². The van der Waals surface area contributed by atoms with Crippen molar-refractivity contribution in [3.8, 4) is 0 Å². The number of amidine groups is 1. The number of likely N-dealkylation sites (N-methyl/N-ethyl adjacent to an activating group) is 1. The average Bonchev–Trinajstić information content (AvgIpc) is 3.25. The number of carbonyl (C=O) groups excluding carboxylic acids is 1. The van der Waals surface area contributed by atoms with Crippen LogP contribution in [0.25, 0.3) is 0 Å². The van der Waals surface area contributed by atoms with E-state index in [1.165, 1.54) is 11.8 Å². The van der Waals surface area contributed by atoms with Crippen LogP contribution in [0.15, 0.2) is 57.1 Å². The molecule has 0 bridgehead atoms. The van der Waals surface area contributed by atoms with Crippen LogP contribution in [0.3, 0.4) is 0 Å². The number of hydrogen-bond donors (Lipinski definition) is 3. The zero-order chi connectivity index (χ0) is 24.0. The van der Waals surface area contributed by atoms with E-state index in [0.717, 1.165) is 35.9 Å². The molecule has 9 nitrogen and oxygen atoms in total. The molecule has 2 aromatic rings. The van der Waals surface area contributed by atoms with Gasteiger partial charge in [0.2, 0.25) is 5.91 Å². The summed E-state index contributed by atoms with van der Waals surface area (Å²) in [5, 5.41) is 3.43. The van der Waals surface area contributed by atoms with Gasteiger partial charge in [-0.3, -0.25) is 4.79 Å². The Morgan fingerprint density at radius 2 is 2.03 bits per heavy atom. The predicted molar refractivity (Wildman–Crippen MR) is 135 cm³/mol. The number of aromatic nitrogens is 2. The maximum Gasteiger partial charge on any atom is 0.224 e. The Bertz CT molecular complexity index is 1030. The fraction of sp³-hybridized carbons (Fsp3) is 0.391. The van der Waals surface area contributed by atoms with E-state index in [0.29, 0.717) is 35.0 Å². The topological polar surface area (TPSA) is 126 Å². The van der Waals surface area contributed by atoms with Gasteiger partial charge < -0.3 is 26.6 Å². The van der Waals surface area contributed by atoms with Gasteiger partial charge >= 0.3 is 0 Å². The lowest BCUT2D eigenvalue weighted by Gasteiger charge is -2.21. The van der Waals surface area contributed by atoms with Crippen LogP contribution in [0.2, 0.25) is 0 Å². The molecule has 10 heteroatoms. The van der Waals surface area contributed by atoms with Crippen molar-refractivity contribution in [2.24, 2.45) is 16.5 Å². The maximum atomic E-state index is 11.6. The van der Waals surface area contributed by atoms with Crippen LogP contribution in [-0.4, -0.2) is 59.8 Å². The lowest BCUT2D eigenvalue weighted by Crippen LogP contribution is -2.31. The molecule has 1 aliphatic rings. The third-order valence-electron chi connectivity index (χ3n) is 5.18. The molecule has 1 fully saturated rings. The Kier molecular flexibility index (Phi) is 8.29. The summed E-state index contributed by atoms with van der Waals surface area (Å²) in [5.41, 5.74) is 13.1. The van der Waals surface area contributed by atoms with Gasteiger partial charge in [-0.1, -0.05) is 6.92 Å². The summed E-state index contributed by atoms with van der Waals surface area (Å²) in [6.45, 7) is 5.38. The van der Waals surface area contributed by atoms with Gasteiger partial charge in [-0.15, -0.1) is 0 Å². The van der Waals surface area contributed by atoms with E-state index < -0.39 is 0 Å². The van der Waals surface area contributed by atoms with Crippen molar-refractivity contribution in [3.63, 3.8) is 0 Å². The standard InChI is InChI=1S/C23H32N8OS/c1-5-22(32)26-16-6-8-18(9-7-16)33-23-28-20(27-19(25)12-15(2)24)13-21(29-23)31-11-10-17(14-31)30(3)4/h6-9,12-13,17H,5,10-11,14,24H2,1-4H3,(H,26,32)(H2,25,27,28,29)/t17-/m0/s1. The molecule has 0 unspecified atom stereocenters. The van der Waals surface area contributed by atoms with Gasteiger partial charge in [-0.05, 0) is 69.5 Å². The number of hydrogen-bond acceptors (Lipinski definition) is 8. The average molecular weight is 469 g/mol. The van der Waals surface area contributed by atoms with Gasteiger partial charge in [0, 0.05) is 47.9 Å². The highest BCUT2D eigenvalue weighted by Crippen LogP contribution is 2.31.